The van der Waals surface area contributed by atoms with Gasteiger partial charge in [-0.05, 0) is 57.5 Å². The fourth-order valence-corrected chi connectivity index (χ4v) is 3.36. The van der Waals surface area contributed by atoms with E-state index in [1.54, 1.807) is 0 Å². The maximum atomic E-state index is 5.77. The number of hydrogen-bond acceptors (Lipinski definition) is 1. The van der Waals surface area contributed by atoms with Gasteiger partial charge in [0.15, 0.2) is 0 Å². The predicted octanol–water partition coefficient (Wildman–Crippen LogP) is 4.06. The molecule has 0 radical (unpaired) electrons. The van der Waals surface area contributed by atoms with Crippen LogP contribution in [0.15, 0.2) is 54.6 Å². The average Bonchev–Trinajstić information content (AvgIpc) is 2.93. The molecule has 20 heavy (non-hydrogen) atoms. The van der Waals surface area contributed by atoms with Gasteiger partial charge in [-0.15, -0.1) is 0 Å². The van der Waals surface area contributed by atoms with E-state index in [0.717, 1.165) is 0 Å². The third-order valence-electron chi connectivity index (χ3n) is 4.35. The fourth-order valence-electron chi connectivity index (χ4n) is 3.36. The van der Waals surface area contributed by atoms with Gasteiger partial charge in [-0.25, -0.2) is 0 Å². The molecule has 0 bridgehead atoms. The molecule has 0 heterocycles. The molecule has 0 aromatic heterocycles. The molecule has 0 saturated heterocycles. The van der Waals surface area contributed by atoms with Crippen LogP contribution in [0.2, 0.25) is 0 Å². The molecular weight excluding hydrogens is 242 g/mol. The SMILES string of the molecule is NCc1cccc(-c2ccc3c4c(cccc24)CC3)c1. The van der Waals surface area contributed by atoms with E-state index in [1.165, 1.54) is 51.4 Å². The minimum atomic E-state index is 0.592. The lowest BCUT2D eigenvalue weighted by molar-refractivity contribution is 1.02. The normalized spacial score (nSPS) is 13.1. The van der Waals surface area contributed by atoms with Crippen LogP contribution >= 0.6 is 0 Å². The van der Waals surface area contributed by atoms with Crippen LogP contribution in [0.25, 0.3) is 21.9 Å². The van der Waals surface area contributed by atoms with Gasteiger partial charge in [0, 0.05) is 6.54 Å². The molecule has 1 heteroatoms. The van der Waals surface area contributed by atoms with Crippen LogP contribution in [0.3, 0.4) is 0 Å². The summed E-state index contributed by atoms with van der Waals surface area (Å²) in [6.07, 6.45) is 2.36. The molecule has 2 N–H and O–H groups in total. The van der Waals surface area contributed by atoms with E-state index in [4.69, 9.17) is 5.73 Å². The van der Waals surface area contributed by atoms with Gasteiger partial charge in [-0.2, -0.15) is 0 Å². The van der Waals surface area contributed by atoms with Crippen molar-refractivity contribution in [2.45, 2.75) is 19.4 Å². The Kier molecular flexibility index (Phi) is 2.61. The first-order chi connectivity index (χ1) is 9.86. The Morgan fingerprint density at radius 3 is 2.50 bits per heavy atom. The summed E-state index contributed by atoms with van der Waals surface area (Å²) in [5.41, 5.74) is 12.5. The van der Waals surface area contributed by atoms with Crippen molar-refractivity contribution < 1.29 is 0 Å². The van der Waals surface area contributed by atoms with Crippen LogP contribution < -0.4 is 5.73 Å². The monoisotopic (exact) mass is 259 g/mol. The van der Waals surface area contributed by atoms with Crippen LogP contribution in [-0.4, -0.2) is 0 Å². The number of hydrogen-bond donors (Lipinski definition) is 1. The zero-order valence-corrected chi connectivity index (χ0v) is 11.4. The molecule has 0 spiro atoms. The molecule has 0 aliphatic heterocycles. The highest BCUT2D eigenvalue weighted by Crippen LogP contribution is 2.37. The molecule has 0 fully saturated rings. The molecule has 0 amide bonds. The first-order valence-corrected chi connectivity index (χ1v) is 7.19. The Bertz CT molecular complexity index is 792. The molecule has 0 atom stereocenters. The molecule has 0 unspecified atom stereocenters. The lowest BCUT2D eigenvalue weighted by Gasteiger charge is -2.10. The Hall–Kier alpha value is -2.12. The first kappa shape index (κ1) is 11.7. The van der Waals surface area contributed by atoms with Crippen LogP contribution in [0, 0.1) is 0 Å². The van der Waals surface area contributed by atoms with Crippen LogP contribution in [0.1, 0.15) is 16.7 Å². The van der Waals surface area contributed by atoms with Crippen LogP contribution in [0.5, 0.6) is 0 Å². The van der Waals surface area contributed by atoms with Gasteiger partial charge in [0.25, 0.3) is 0 Å². The second-order valence-corrected chi connectivity index (χ2v) is 5.52. The molecule has 3 aromatic carbocycles. The Labute approximate surface area is 119 Å². The quantitative estimate of drug-likeness (QED) is 0.737. The summed E-state index contributed by atoms with van der Waals surface area (Å²) in [5, 5.41) is 2.86. The van der Waals surface area contributed by atoms with Gasteiger partial charge in [0.1, 0.15) is 0 Å². The number of benzene rings is 3. The highest BCUT2D eigenvalue weighted by molar-refractivity contribution is 6.01. The molecule has 4 rings (SSSR count). The Balaban J connectivity index is 2.01. The molecule has 98 valence electrons. The van der Waals surface area contributed by atoms with Crippen molar-refractivity contribution >= 4 is 10.8 Å². The molecule has 3 aromatic rings. The Morgan fingerprint density at radius 2 is 1.65 bits per heavy atom. The minimum absolute atomic E-state index is 0.592. The fraction of sp³-hybridized carbons (Fsp3) is 0.158. The van der Waals surface area contributed by atoms with E-state index in [0.29, 0.717) is 6.54 Å². The standard InChI is InChI=1S/C19H17N/c20-12-13-3-1-5-16(11-13)17-10-9-15-8-7-14-4-2-6-18(17)19(14)15/h1-6,9-11H,7-8,12,20H2. The van der Waals surface area contributed by atoms with E-state index in [9.17, 15) is 0 Å². The van der Waals surface area contributed by atoms with Crippen molar-refractivity contribution in [3.8, 4) is 11.1 Å². The lowest BCUT2D eigenvalue weighted by atomic mass is 9.94. The summed E-state index contributed by atoms with van der Waals surface area (Å²) in [6, 6.07) is 19.8. The minimum Gasteiger partial charge on any atom is -0.326 e. The summed E-state index contributed by atoms with van der Waals surface area (Å²) in [4.78, 5) is 0. The van der Waals surface area contributed by atoms with Gasteiger partial charge in [0.2, 0.25) is 0 Å². The third-order valence-corrected chi connectivity index (χ3v) is 4.35. The van der Waals surface area contributed by atoms with E-state index < -0.39 is 0 Å². The maximum Gasteiger partial charge on any atom is 0.0178 e. The number of nitrogens with two attached hydrogens (primary N) is 1. The average molecular weight is 259 g/mol. The van der Waals surface area contributed by atoms with Crippen molar-refractivity contribution in [1.82, 2.24) is 0 Å². The second kappa shape index (κ2) is 4.46. The van der Waals surface area contributed by atoms with Crippen molar-refractivity contribution in [3.05, 3.63) is 71.3 Å². The molecular formula is C19H17N. The predicted molar refractivity (Wildman–Crippen MR) is 84.7 cm³/mol. The zero-order valence-electron chi connectivity index (χ0n) is 11.4. The summed E-state index contributed by atoms with van der Waals surface area (Å²) in [6.45, 7) is 0.592. The van der Waals surface area contributed by atoms with Gasteiger partial charge >= 0.3 is 0 Å². The lowest BCUT2D eigenvalue weighted by Crippen LogP contribution is -1.96. The summed E-state index contributed by atoms with van der Waals surface area (Å²) in [5.74, 6) is 0. The van der Waals surface area contributed by atoms with Crippen molar-refractivity contribution in [1.29, 1.82) is 0 Å². The Morgan fingerprint density at radius 1 is 0.850 bits per heavy atom. The first-order valence-electron chi connectivity index (χ1n) is 7.19. The molecule has 1 aliphatic rings. The van der Waals surface area contributed by atoms with Gasteiger partial charge in [-0.3, -0.25) is 0 Å². The van der Waals surface area contributed by atoms with Crippen LogP contribution in [-0.2, 0) is 19.4 Å². The van der Waals surface area contributed by atoms with Crippen LogP contribution in [0.4, 0.5) is 0 Å². The second-order valence-electron chi connectivity index (χ2n) is 5.52. The van der Waals surface area contributed by atoms with E-state index in [-0.39, 0.29) is 0 Å². The number of aryl methyl sites for hydroxylation is 2. The molecule has 0 saturated carbocycles. The van der Waals surface area contributed by atoms with Crippen molar-refractivity contribution in [2.24, 2.45) is 5.73 Å². The number of rotatable bonds is 2. The van der Waals surface area contributed by atoms with Gasteiger partial charge < -0.3 is 5.73 Å². The summed E-state index contributed by atoms with van der Waals surface area (Å²) in [7, 11) is 0. The van der Waals surface area contributed by atoms with Crippen molar-refractivity contribution in [3.63, 3.8) is 0 Å². The summed E-state index contributed by atoms with van der Waals surface area (Å²) < 4.78 is 0. The van der Waals surface area contributed by atoms with E-state index in [1.807, 2.05) is 0 Å². The maximum absolute atomic E-state index is 5.77. The third kappa shape index (κ3) is 1.67. The van der Waals surface area contributed by atoms with Crippen molar-refractivity contribution in [2.75, 3.05) is 0 Å². The summed E-state index contributed by atoms with van der Waals surface area (Å²) >= 11 is 0. The molecule has 1 nitrogen and oxygen atoms in total. The topological polar surface area (TPSA) is 26.0 Å². The van der Waals surface area contributed by atoms with Gasteiger partial charge in [-0.1, -0.05) is 48.5 Å². The largest absolute Gasteiger partial charge is 0.326 e. The highest BCUT2D eigenvalue weighted by atomic mass is 14.5. The smallest absolute Gasteiger partial charge is 0.0178 e. The zero-order chi connectivity index (χ0) is 13.5. The molecule has 1 aliphatic carbocycles. The van der Waals surface area contributed by atoms with E-state index in [2.05, 4.69) is 54.6 Å². The van der Waals surface area contributed by atoms with E-state index >= 15 is 0 Å². The van der Waals surface area contributed by atoms with Gasteiger partial charge in [0.05, 0.1) is 0 Å². The highest BCUT2D eigenvalue weighted by Gasteiger charge is 2.16.